The predicted molar refractivity (Wildman–Crippen MR) is 104 cm³/mol. The van der Waals surface area contributed by atoms with Crippen molar-refractivity contribution in [3.63, 3.8) is 0 Å². The molecule has 2 fully saturated rings. The lowest BCUT2D eigenvalue weighted by Gasteiger charge is -2.43. The largest absolute Gasteiger partial charge is 0.383 e. The van der Waals surface area contributed by atoms with E-state index < -0.39 is 0 Å². The van der Waals surface area contributed by atoms with Gasteiger partial charge in [-0.3, -0.25) is 0 Å². The minimum absolute atomic E-state index is 0.0945. The van der Waals surface area contributed by atoms with Crippen LogP contribution in [-0.2, 0) is 10.2 Å². The van der Waals surface area contributed by atoms with Crippen molar-refractivity contribution in [1.82, 2.24) is 4.90 Å². The summed E-state index contributed by atoms with van der Waals surface area (Å²) in [4.78, 5) is 5.16. The first-order valence-electron chi connectivity index (χ1n) is 10.5. The average molecular weight is 361 g/mol. The van der Waals surface area contributed by atoms with E-state index in [0.717, 1.165) is 38.6 Å². The minimum atomic E-state index is -0.0945. The molecule has 2 heterocycles. The molecule has 1 aromatic rings. The Hall–Kier alpha value is -1.13. The smallest absolute Gasteiger partial charge is 0.123 e. The van der Waals surface area contributed by atoms with Gasteiger partial charge >= 0.3 is 0 Å². The Morgan fingerprint density at radius 1 is 1.12 bits per heavy atom. The summed E-state index contributed by atoms with van der Waals surface area (Å²) in [7, 11) is 1.75. The van der Waals surface area contributed by atoms with Crippen molar-refractivity contribution >= 4 is 5.69 Å². The van der Waals surface area contributed by atoms with Gasteiger partial charge in [0.25, 0.3) is 0 Å². The van der Waals surface area contributed by atoms with Crippen LogP contribution in [0.15, 0.2) is 18.2 Å². The van der Waals surface area contributed by atoms with E-state index in [2.05, 4.69) is 9.80 Å². The maximum absolute atomic E-state index is 14.0. The van der Waals surface area contributed by atoms with Crippen molar-refractivity contribution in [2.75, 3.05) is 44.8 Å². The number of fused-ring (bicyclic) bond motifs is 2. The first-order chi connectivity index (χ1) is 12.7. The second-order valence-corrected chi connectivity index (χ2v) is 8.54. The summed E-state index contributed by atoms with van der Waals surface area (Å²) in [6.07, 6.45) is 10.7. The number of rotatable bonds is 4. The standard InChI is InChI=1S/C22H33FN2O/c1-26-15-14-25-17-22(20-16-18(23)8-9-21(20)25)10-12-24(13-11-22)19-6-4-2-3-5-7-19/h8-9,16,19H,2-7,10-15,17H2,1H3. The van der Waals surface area contributed by atoms with Gasteiger partial charge in [0.05, 0.1) is 6.61 Å². The van der Waals surface area contributed by atoms with Gasteiger partial charge in [0, 0.05) is 37.3 Å². The fraction of sp³-hybridized carbons (Fsp3) is 0.727. The number of methoxy groups -OCH3 is 1. The molecule has 2 aliphatic heterocycles. The van der Waals surface area contributed by atoms with Gasteiger partial charge in [-0.1, -0.05) is 25.7 Å². The normalized spacial score (nSPS) is 24.0. The molecule has 3 nitrogen and oxygen atoms in total. The van der Waals surface area contributed by atoms with E-state index in [1.54, 1.807) is 13.2 Å². The molecule has 0 N–H and O–H groups in total. The van der Waals surface area contributed by atoms with E-state index in [-0.39, 0.29) is 11.2 Å². The summed E-state index contributed by atoms with van der Waals surface area (Å²) in [5.41, 5.74) is 2.60. The molecule has 0 amide bonds. The number of likely N-dealkylation sites (tertiary alicyclic amines) is 1. The summed E-state index contributed by atoms with van der Waals surface area (Å²) in [6.45, 7) is 4.97. The molecule has 144 valence electrons. The zero-order chi connectivity index (χ0) is 18.0. The van der Waals surface area contributed by atoms with Crippen LogP contribution < -0.4 is 4.90 Å². The molecule has 1 aliphatic carbocycles. The van der Waals surface area contributed by atoms with E-state index in [4.69, 9.17) is 4.74 Å². The molecule has 1 aromatic carbocycles. The van der Waals surface area contributed by atoms with Crippen molar-refractivity contribution < 1.29 is 9.13 Å². The number of hydrogen-bond donors (Lipinski definition) is 0. The third-order valence-corrected chi connectivity index (χ3v) is 7.03. The Bertz CT molecular complexity index is 604. The van der Waals surface area contributed by atoms with Gasteiger partial charge in [0.15, 0.2) is 0 Å². The first kappa shape index (κ1) is 18.2. The Balaban J connectivity index is 1.50. The monoisotopic (exact) mass is 360 g/mol. The topological polar surface area (TPSA) is 15.7 Å². The lowest BCUT2D eigenvalue weighted by molar-refractivity contribution is 0.109. The molecule has 1 saturated heterocycles. The van der Waals surface area contributed by atoms with Crippen molar-refractivity contribution in [3.05, 3.63) is 29.6 Å². The molecule has 4 rings (SSSR count). The SMILES string of the molecule is COCCN1CC2(CCN(C3CCCCCC3)CC2)c2cc(F)ccc21. The van der Waals surface area contributed by atoms with Gasteiger partial charge in [0.1, 0.15) is 5.82 Å². The number of halogens is 1. The Kier molecular flexibility index (Phi) is 5.51. The van der Waals surface area contributed by atoms with Gasteiger partial charge in [-0.2, -0.15) is 0 Å². The molecular formula is C22H33FN2O. The zero-order valence-corrected chi connectivity index (χ0v) is 16.2. The van der Waals surface area contributed by atoms with E-state index in [1.165, 1.54) is 62.9 Å². The second kappa shape index (κ2) is 7.85. The summed E-state index contributed by atoms with van der Waals surface area (Å²) in [5, 5.41) is 0. The molecule has 26 heavy (non-hydrogen) atoms. The van der Waals surface area contributed by atoms with Gasteiger partial charge in [-0.05, 0) is 62.5 Å². The lowest BCUT2D eigenvalue weighted by atomic mass is 9.74. The van der Waals surface area contributed by atoms with Crippen LogP contribution >= 0.6 is 0 Å². The molecule has 0 unspecified atom stereocenters. The second-order valence-electron chi connectivity index (χ2n) is 8.54. The van der Waals surface area contributed by atoms with Crippen molar-refractivity contribution in [3.8, 4) is 0 Å². The quantitative estimate of drug-likeness (QED) is 0.743. The molecule has 0 aromatic heterocycles. The summed E-state index contributed by atoms with van der Waals surface area (Å²) < 4.78 is 19.3. The fourth-order valence-corrected chi connectivity index (χ4v) is 5.51. The molecule has 0 radical (unpaired) electrons. The predicted octanol–water partition coefficient (Wildman–Crippen LogP) is 4.35. The molecule has 1 saturated carbocycles. The molecule has 1 spiro atoms. The number of nitrogens with zero attached hydrogens (tertiary/aromatic N) is 2. The van der Waals surface area contributed by atoms with Crippen LogP contribution in [0.2, 0.25) is 0 Å². The first-order valence-corrected chi connectivity index (χ1v) is 10.5. The Morgan fingerprint density at radius 2 is 1.85 bits per heavy atom. The van der Waals surface area contributed by atoms with Crippen LogP contribution in [0.25, 0.3) is 0 Å². The number of anilines is 1. The van der Waals surface area contributed by atoms with E-state index in [9.17, 15) is 4.39 Å². The van der Waals surface area contributed by atoms with E-state index in [1.807, 2.05) is 12.1 Å². The summed E-state index contributed by atoms with van der Waals surface area (Å²) in [5.74, 6) is -0.0945. The summed E-state index contributed by atoms with van der Waals surface area (Å²) in [6, 6.07) is 6.18. The van der Waals surface area contributed by atoms with Gasteiger partial charge in [-0.25, -0.2) is 4.39 Å². The highest BCUT2D eigenvalue weighted by Gasteiger charge is 2.45. The van der Waals surface area contributed by atoms with Gasteiger partial charge in [-0.15, -0.1) is 0 Å². The fourth-order valence-electron chi connectivity index (χ4n) is 5.51. The zero-order valence-electron chi connectivity index (χ0n) is 16.2. The van der Waals surface area contributed by atoms with Crippen LogP contribution in [0.3, 0.4) is 0 Å². The van der Waals surface area contributed by atoms with Crippen molar-refractivity contribution in [1.29, 1.82) is 0 Å². The third kappa shape index (κ3) is 3.50. The molecule has 0 atom stereocenters. The van der Waals surface area contributed by atoms with Gasteiger partial charge in [0.2, 0.25) is 0 Å². The van der Waals surface area contributed by atoms with Crippen LogP contribution in [0, 0.1) is 5.82 Å². The molecular weight excluding hydrogens is 327 g/mol. The Labute approximate surface area is 157 Å². The molecule has 0 bridgehead atoms. The van der Waals surface area contributed by atoms with E-state index in [0.29, 0.717) is 0 Å². The maximum atomic E-state index is 14.0. The van der Waals surface area contributed by atoms with Crippen LogP contribution in [0.1, 0.15) is 56.9 Å². The van der Waals surface area contributed by atoms with Crippen LogP contribution in [0.4, 0.5) is 10.1 Å². The highest BCUT2D eigenvalue weighted by molar-refractivity contribution is 5.63. The summed E-state index contributed by atoms with van der Waals surface area (Å²) >= 11 is 0. The Morgan fingerprint density at radius 3 is 2.54 bits per heavy atom. The van der Waals surface area contributed by atoms with E-state index >= 15 is 0 Å². The number of piperidine rings is 1. The van der Waals surface area contributed by atoms with Crippen LogP contribution in [0.5, 0.6) is 0 Å². The lowest BCUT2D eigenvalue weighted by Crippen LogP contribution is -2.48. The van der Waals surface area contributed by atoms with Crippen LogP contribution in [-0.4, -0.2) is 50.8 Å². The number of ether oxygens (including phenoxy) is 1. The number of benzene rings is 1. The van der Waals surface area contributed by atoms with Crippen molar-refractivity contribution in [2.24, 2.45) is 0 Å². The average Bonchev–Trinajstić information content (AvgIpc) is 2.83. The van der Waals surface area contributed by atoms with Crippen molar-refractivity contribution in [2.45, 2.75) is 62.8 Å². The van der Waals surface area contributed by atoms with Gasteiger partial charge < -0.3 is 14.5 Å². The third-order valence-electron chi connectivity index (χ3n) is 7.03. The molecule has 3 aliphatic rings. The maximum Gasteiger partial charge on any atom is 0.123 e. The highest BCUT2D eigenvalue weighted by atomic mass is 19.1. The molecule has 4 heteroatoms. The minimum Gasteiger partial charge on any atom is -0.383 e. The highest BCUT2D eigenvalue weighted by Crippen LogP contribution is 2.47. The number of hydrogen-bond acceptors (Lipinski definition) is 3.